The number of allylic oxidation sites excluding steroid dienone is 2. The molecule has 1 aromatic rings. The molecule has 8 heteroatoms. The number of hydrogen-bond donors (Lipinski definition) is 0. The lowest BCUT2D eigenvalue weighted by Gasteiger charge is -2.39. The number of rotatable bonds is 4. The third kappa shape index (κ3) is 4.37. The van der Waals surface area contributed by atoms with Crippen LogP contribution in [0, 0.1) is 17.3 Å². The number of piperidine rings is 1. The molecule has 32 heavy (non-hydrogen) atoms. The second-order valence-corrected chi connectivity index (χ2v) is 10.3. The van der Waals surface area contributed by atoms with Gasteiger partial charge in [-0.2, -0.15) is 0 Å². The van der Waals surface area contributed by atoms with Gasteiger partial charge in [-0.05, 0) is 56.6 Å². The van der Waals surface area contributed by atoms with E-state index in [1.165, 1.54) is 25.4 Å². The van der Waals surface area contributed by atoms with Crippen LogP contribution in [0.3, 0.4) is 0 Å². The van der Waals surface area contributed by atoms with Crippen molar-refractivity contribution in [2.45, 2.75) is 39.0 Å². The van der Waals surface area contributed by atoms with Gasteiger partial charge in [0, 0.05) is 26.2 Å². The molecule has 2 amide bonds. The van der Waals surface area contributed by atoms with Crippen molar-refractivity contribution in [1.29, 1.82) is 0 Å². The summed E-state index contributed by atoms with van der Waals surface area (Å²) >= 11 is 1.25. The van der Waals surface area contributed by atoms with Gasteiger partial charge in [-0.25, -0.2) is 0 Å². The van der Waals surface area contributed by atoms with Crippen LogP contribution in [0.2, 0.25) is 0 Å². The Kier molecular flexibility index (Phi) is 6.51. The number of thiophene rings is 1. The van der Waals surface area contributed by atoms with Gasteiger partial charge in [0.2, 0.25) is 5.91 Å². The predicted molar refractivity (Wildman–Crippen MR) is 120 cm³/mol. The second-order valence-electron chi connectivity index (χ2n) is 9.20. The zero-order valence-corrected chi connectivity index (χ0v) is 19.5. The van der Waals surface area contributed by atoms with E-state index in [-0.39, 0.29) is 34.9 Å². The third-order valence-corrected chi connectivity index (χ3v) is 8.45. The molecule has 3 heterocycles. The van der Waals surface area contributed by atoms with E-state index in [9.17, 15) is 19.2 Å². The molecule has 2 atom stereocenters. The van der Waals surface area contributed by atoms with Crippen LogP contribution in [0.25, 0.3) is 0 Å². The van der Waals surface area contributed by atoms with Gasteiger partial charge in [-0.3, -0.25) is 19.2 Å². The van der Waals surface area contributed by atoms with Crippen molar-refractivity contribution < 1.29 is 23.9 Å². The number of carbonyl (C=O) groups is 4. The number of likely N-dealkylation sites (tertiary alicyclic amines) is 2. The molecule has 0 aromatic carbocycles. The van der Waals surface area contributed by atoms with E-state index in [2.05, 4.69) is 0 Å². The molecule has 0 N–H and O–H groups in total. The lowest BCUT2D eigenvalue weighted by atomic mass is 9.77. The number of Topliss-reactive ketones (excluding diaryl/α,β-unsaturated/α-hetero) is 1. The van der Waals surface area contributed by atoms with Crippen molar-refractivity contribution >= 4 is 34.9 Å². The quantitative estimate of drug-likeness (QED) is 0.393. The Balaban J connectivity index is 1.35. The minimum Gasteiger partial charge on any atom is -0.469 e. The molecule has 0 bridgehead atoms. The minimum absolute atomic E-state index is 0.0156. The first kappa shape index (κ1) is 22.7. The first-order valence-electron chi connectivity index (χ1n) is 11.3. The van der Waals surface area contributed by atoms with E-state index in [0.29, 0.717) is 48.8 Å². The number of amides is 2. The van der Waals surface area contributed by atoms with Crippen molar-refractivity contribution in [2.75, 3.05) is 33.3 Å². The van der Waals surface area contributed by atoms with Gasteiger partial charge in [-0.15, -0.1) is 11.3 Å². The third-order valence-electron chi connectivity index (χ3n) is 7.28. The molecule has 2 fully saturated rings. The summed E-state index contributed by atoms with van der Waals surface area (Å²) in [5.41, 5.74) is 0.0394. The Bertz CT molecular complexity index is 944. The van der Waals surface area contributed by atoms with E-state index < -0.39 is 5.92 Å². The zero-order chi connectivity index (χ0) is 22.9. The highest BCUT2D eigenvalue weighted by Crippen LogP contribution is 2.42. The lowest BCUT2D eigenvalue weighted by molar-refractivity contribution is -0.153. The summed E-state index contributed by atoms with van der Waals surface area (Å²) in [7, 11) is 1.37. The maximum absolute atomic E-state index is 13.3. The number of ketones is 1. The first-order chi connectivity index (χ1) is 15.3. The van der Waals surface area contributed by atoms with Crippen LogP contribution in [0.4, 0.5) is 0 Å². The number of ether oxygens (including phenoxy) is 1. The van der Waals surface area contributed by atoms with Crippen LogP contribution in [0.1, 0.15) is 58.4 Å². The number of methoxy groups -OCH3 is 1. The molecular formula is C24H30N2O5S. The van der Waals surface area contributed by atoms with Gasteiger partial charge >= 0.3 is 5.97 Å². The molecule has 7 nitrogen and oxygen atoms in total. The van der Waals surface area contributed by atoms with Crippen LogP contribution < -0.4 is 0 Å². The smallest absolute Gasteiger partial charge is 0.309 e. The number of esters is 1. The summed E-state index contributed by atoms with van der Waals surface area (Å²) in [4.78, 5) is 54.8. The van der Waals surface area contributed by atoms with Gasteiger partial charge in [0.25, 0.3) is 5.91 Å². The summed E-state index contributed by atoms with van der Waals surface area (Å²) in [6.07, 6.45) is 7.72. The molecule has 3 aliphatic rings. The molecule has 0 radical (unpaired) electrons. The summed E-state index contributed by atoms with van der Waals surface area (Å²) in [5, 5.41) is 0. The van der Waals surface area contributed by atoms with Crippen molar-refractivity contribution in [1.82, 2.24) is 9.80 Å². The van der Waals surface area contributed by atoms with Crippen molar-refractivity contribution in [3.8, 4) is 0 Å². The average molecular weight is 459 g/mol. The predicted octanol–water partition coefficient (Wildman–Crippen LogP) is 3.16. The van der Waals surface area contributed by atoms with E-state index >= 15 is 0 Å². The zero-order valence-electron chi connectivity index (χ0n) is 18.7. The maximum atomic E-state index is 13.3. The molecule has 4 rings (SSSR count). The van der Waals surface area contributed by atoms with E-state index in [1.807, 2.05) is 22.0 Å². The molecular weight excluding hydrogens is 428 g/mol. The molecule has 1 aliphatic carbocycles. The summed E-state index contributed by atoms with van der Waals surface area (Å²) in [6, 6.07) is 3.45. The monoisotopic (exact) mass is 458 g/mol. The largest absolute Gasteiger partial charge is 0.469 e. The van der Waals surface area contributed by atoms with Crippen molar-refractivity contribution in [3.63, 3.8) is 0 Å². The van der Waals surface area contributed by atoms with Gasteiger partial charge in [-0.1, -0.05) is 12.2 Å². The molecule has 0 unspecified atom stereocenters. The maximum Gasteiger partial charge on any atom is 0.309 e. The van der Waals surface area contributed by atoms with Gasteiger partial charge in [0.1, 0.15) is 0 Å². The Morgan fingerprint density at radius 3 is 2.12 bits per heavy atom. The standard InChI is InChI=1S/C24H30N2O5S/c1-16(27)19-7-8-20(32-19)22(29)25-12-9-24(10-13-25)11-14-26(15-24)21(28)17-5-3-4-6-18(17)23(30)31-2/h3-4,7-8,17-18H,5-6,9-15H2,1-2H3/t17-,18+/m1/s1. The van der Waals surface area contributed by atoms with Crippen LogP contribution in [0.15, 0.2) is 24.3 Å². The van der Waals surface area contributed by atoms with E-state index in [0.717, 1.165) is 19.3 Å². The summed E-state index contributed by atoms with van der Waals surface area (Å²) in [5.74, 6) is -1.05. The topological polar surface area (TPSA) is 84.0 Å². The molecule has 1 aromatic heterocycles. The van der Waals surface area contributed by atoms with Crippen LogP contribution >= 0.6 is 11.3 Å². The van der Waals surface area contributed by atoms with Gasteiger partial charge in [0.15, 0.2) is 5.78 Å². The number of hydrogen-bond acceptors (Lipinski definition) is 6. The summed E-state index contributed by atoms with van der Waals surface area (Å²) in [6.45, 7) is 4.22. The fourth-order valence-corrected chi connectivity index (χ4v) is 6.12. The van der Waals surface area contributed by atoms with E-state index in [4.69, 9.17) is 4.74 Å². The van der Waals surface area contributed by atoms with Crippen LogP contribution in [-0.4, -0.2) is 66.7 Å². The first-order valence-corrected chi connectivity index (χ1v) is 12.1. The molecule has 1 spiro atoms. The molecule has 172 valence electrons. The van der Waals surface area contributed by atoms with Crippen LogP contribution in [0.5, 0.6) is 0 Å². The Morgan fingerprint density at radius 2 is 1.53 bits per heavy atom. The highest BCUT2D eigenvalue weighted by atomic mass is 32.1. The molecule has 0 saturated carbocycles. The number of nitrogens with zero attached hydrogens (tertiary/aromatic N) is 2. The fraction of sp³-hybridized carbons (Fsp3) is 0.583. The normalized spacial score (nSPS) is 24.6. The average Bonchev–Trinajstić information content (AvgIpc) is 3.46. The number of carbonyl (C=O) groups excluding carboxylic acids is 4. The van der Waals surface area contributed by atoms with Gasteiger partial charge in [0.05, 0.1) is 28.7 Å². The van der Waals surface area contributed by atoms with Crippen molar-refractivity contribution in [2.24, 2.45) is 17.3 Å². The van der Waals surface area contributed by atoms with Crippen LogP contribution in [-0.2, 0) is 14.3 Å². The summed E-state index contributed by atoms with van der Waals surface area (Å²) < 4.78 is 4.93. The molecule has 2 aliphatic heterocycles. The highest BCUT2D eigenvalue weighted by Gasteiger charge is 2.45. The Hall–Kier alpha value is -2.48. The van der Waals surface area contributed by atoms with Gasteiger partial charge < -0.3 is 14.5 Å². The fourth-order valence-electron chi connectivity index (χ4n) is 5.25. The Labute approximate surface area is 192 Å². The van der Waals surface area contributed by atoms with E-state index in [1.54, 1.807) is 12.1 Å². The highest BCUT2D eigenvalue weighted by molar-refractivity contribution is 7.15. The second kappa shape index (κ2) is 9.17. The van der Waals surface area contributed by atoms with Crippen molar-refractivity contribution in [3.05, 3.63) is 34.0 Å². The molecule has 2 saturated heterocycles. The lowest BCUT2D eigenvalue weighted by Crippen LogP contribution is -2.46. The SMILES string of the molecule is COC(=O)[C@H]1CC=CC[C@H]1C(=O)N1CCC2(CCN(C(=O)c3ccc(C(C)=O)s3)CC2)C1. The Morgan fingerprint density at radius 1 is 0.938 bits per heavy atom. The minimum atomic E-state index is -0.404.